The van der Waals surface area contributed by atoms with Crippen LogP contribution in [0.4, 0.5) is 8.78 Å². The third-order valence-corrected chi connectivity index (χ3v) is 15.7. The normalized spacial score (nSPS) is 15.7. The van der Waals surface area contributed by atoms with Crippen LogP contribution >= 0.6 is 23.2 Å². The largest absolute Gasteiger partial charge is 0.387 e. The minimum Gasteiger partial charge on any atom is -0.387 e. The summed E-state index contributed by atoms with van der Waals surface area (Å²) in [6.07, 6.45) is -3.69. The predicted octanol–water partition coefficient (Wildman–Crippen LogP) is 6.04. The van der Waals surface area contributed by atoms with E-state index in [1.54, 1.807) is 13.1 Å². The lowest BCUT2D eigenvalue weighted by molar-refractivity contribution is -0.331. The van der Waals surface area contributed by atoms with Gasteiger partial charge < -0.3 is 5.11 Å². The molecule has 2 rings (SSSR count). The van der Waals surface area contributed by atoms with Gasteiger partial charge in [0.2, 0.25) is 21.9 Å². The van der Waals surface area contributed by atoms with E-state index in [0.29, 0.717) is 4.57 Å². The molecule has 16 heteroatoms. The van der Waals surface area contributed by atoms with Crippen LogP contribution in [0.25, 0.3) is 11.2 Å². The van der Waals surface area contributed by atoms with Crippen LogP contribution in [0.1, 0.15) is 46.3 Å². The quantitative estimate of drug-likeness (QED) is 0.112. The molecule has 0 amide bonds. The van der Waals surface area contributed by atoms with Crippen molar-refractivity contribution in [1.82, 2.24) is 19.5 Å². The van der Waals surface area contributed by atoms with Crippen molar-refractivity contribution < 1.29 is 37.6 Å². The van der Waals surface area contributed by atoms with Gasteiger partial charge in [-0.15, -0.1) is 0 Å². The molecule has 1 N–H and O–H groups in total. The number of carbonyl (C=O) groups is 1. The van der Waals surface area contributed by atoms with Crippen LogP contribution < -0.4 is 0 Å². The first-order valence-corrected chi connectivity index (χ1v) is 18.4. The smallest absolute Gasteiger partial charge is 0.356 e. The summed E-state index contributed by atoms with van der Waals surface area (Å²) in [7, 11) is -5.19. The average Bonchev–Trinajstić information content (AvgIpc) is 3.15. The predicted molar refractivity (Wildman–Crippen MR) is 144 cm³/mol. The first-order valence-electron chi connectivity index (χ1n) is 11.8. The van der Waals surface area contributed by atoms with Crippen molar-refractivity contribution in [3.63, 3.8) is 0 Å². The number of fused-ring (bicyclic) bond motifs is 1. The Balaban J connectivity index is 2.40. The molecule has 2 atom stereocenters. The van der Waals surface area contributed by atoms with Gasteiger partial charge in [0.25, 0.3) is 0 Å². The molecular weight excluding hydrogens is 581 g/mol. The summed E-state index contributed by atoms with van der Waals surface area (Å²) in [5.41, 5.74) is -0.447. The van der Waals surface area contributed by atoms with Gasteiger partial charge in [-0.2, -0.15) is 13.8 Å². The van der Waals surface area contributed by atoms with Crippen molar-refractivity contribution in [2.75, 3.05) is 6.61 Å². The van der Waals surface area contributed by atoms with Gasteiger partial charge in [-0.1, -0.05) is 53.1 Å². The van der Waals surface area contributed by atoms with Crippen LogP contribution in [0.15, 0.2) is 6.33 Å². The van der Waals surface area contributed by atoms with E-state index in [1.807, 2.05) is 54.6 Å². The molecule has 0 aromatic carbocycles. The van der Waals surface area contributed by atoms with E-state index in [4.69, 9.17) is 42.1 Å². The van der Waals surface area contributed by atoms with Gasteiger partial charge in [0, 0.05) is 0 Å². The highest BCUT2D eigenvalue weighted by atomic mass is 35.5. The van der Waals surface area contributed by atoms with Crippen LogP contribution in [0.3, 0.4) is 0 Å². The molecule has 0 spiro atoms. The van der Waals surface area contributed by atoms with Gasteiger partial charge >= 0.3 is 11.8 Å². The second-order valence-electron chi connectivity index (χ2n) is 12.1. The summed E-state index contributed by atoms with van der Waals surface area (Å²) in [5.74, 6) is -6.15. The van der Waals surface area contributed by atoms with Crippen LogP contribution in [0, 0.1) is 0 Å². The zero-order chi connectivity index (χ0) is 29.5. The first-order chi connectivity index (χ1) is 17.0. The summed E-state index contributed by atoms with van der Waals surface area (Å²) in [4.78, 5) is 34.8. The number of hydrogen-bond donors (Lipinski definition) is 1. The molecule has 0 unspecified atom stereocenters. The maximum atomic E-state index is 15.8. The second-order valence-corrected chi connectivity index (χ2v) is 22.1. The van der Waals surface area contributed by atoms with Crippen LogP contribution in [0.5, 0.6) is 0 Å². The van der Waals surface area contributed by atoms with Crippen molar-refractivity contribution in [3.8, 4) is 0 Å². The Bertz CT molecular complexity index is 1160. The summed E-state index contributed by atoms with van der Waals surface area (Å²) in [6.45, 7) is 18.1. The fourth-order valence-corrected chi connectivity index (χ4v) is 4.03. The van der Waals surface area contributed by atoms with Gasteiger partial charge in [-0.3, -0.25) is 13.9 Å². The number of rotatable bonds is 10. The lowest BCUT2D eigenvalue weighted by atomic mass is 10.1. The Hall–Kier alpha value is -1.11. The zero-order valence-electron chi connectivity index (χ0n) is 23.2. The number of carbonyl (C=O) groups excluding carboxylic acids is 1. The molecule has 216 valence electrons. The summed E-state index contributed by atoms with van der Waals surface area (Å²) in [6, 6.07) is 0. The lowest BCUT2D eigenvalue weighted by Gasteiger charge is -2.38. The molecule has 0 aliphatic carbocycles. The van der Waals surface area contributed by atoms with Crippen LogP contribution in [-0.2, 0) is 18.9 Å². The fraction of sp³-hybridized carbons (Fsp3) is 0.727. The van der Waals surface area contributed by atoms with Crippen molar-refractivity contribution in [2.45, 2.75) is 95.9 Å². The number of imidazole rings is 1. The van der Waals surface area contributed by atoms with E-state index < -0.39 is 52.3 Å². The SMILES string of the molecule is CC(C)(C)[Si](C)(C)OOC[C@@H](O)[C@@H](OO[Si](C)(C)C(C)(C)C)C(F)(F)C(=O)n1cnc2c(Cl)nc(Cl)nc21. The monoisotopic (exact) mass is 616 g/mol. The van der Waals surface area contributed by atoms with Crippen molar-refractivity contribution in [2.24, 2.45) is 0 Å². The summed E-state index contributed by atoms with van der Waals surface area (Å²) >= 11 is 11.8. The van der Waals surface area contributed by atoms with E-state index in [0.717, 1.165) is 6.33 Å². The van der Waals surface area contributed by atoms with Gasteiger partial charge in [0.1, 0.15) is 24.6 Å². The minimum absolute atomic E-state index is 0.109. The Morgan fingerprint density at radius 3 is 2.08 bits per heavy atom. The molecule has 10 nitrogen and oxygen atoms in total. The maximum Gasteiger partial charge on any atom is 0.356 e. The average molecular weight is 618 g/mol. The topological polar surface area (TPSA) is 118 Å². The van der Waals surface area contributed by atoms with E-state index in [9.17, 15) is 9.90 Å². The fourth-order valence-electron chi connectivity index (χ4n) is 2.40. The van der Waals surface area contributed by atoms with Crippen LogP contribution in [-0.4, -0.2) is 71.9 Å². The highest BCUT2D eigenvalue weighted by Gasteiger charge is 2.55. The molecule has 0 saturated heterocycles. The Morgan fingerprint density at radius 2 is 1.55 bits per heavy atom. The zero-order valence-corrected chi connectivity index (χ0v) is 26.7. The van der Waals surface area contributed by atoms with E-state index in [-0.39, 0.29) is 26.6 Å². The number of aliphatic hydroxyl groups excluding tert-OH is 1. The van der Waals surface area contributed by atoms with Crippen molar-refractivity contribution in [3.05, 3.63) is 16.8 Å². The molecule has 0 radical (unpaired) electrons. The minimum atomic E-state index is -4.35. The molecule has 0 aliphatic rings. The number of alkyl halides is 2. The number of hydrogen-bond acceptors (Lipinski definition) is 9. The standard InChI is InChI=1S/C22H36Cl2F2N4O6Si2/c1-20(2,3)37(7,8)35-33-11-13(31)15(34-36-38(9,10)21(4,5)6)22(25,26)18(32)30-12-27-14-16(23)28-19(24)29-17(14)30/h12-13,15,31H,11H2,1-10H3/t13-,15-/m1/s1. The molecule has 0 aliphatic heterocycles. The molecule has 2 aromatic rings. The van der Waals surface area contributed by atoms with Gasteiger partial charge in [0.15, 0.2) is 16.9 Å². The van der Waals surface area contributed by atoms with E-state index in [1.165, 1.54) is 0 Å². The van der Waals surface area contributed by atoms with Crippen LogP contribution in [0.2, 0.25) is 46.7 Å². The maximum absolute atomic E-state index is 15.8. The Kier molecular flexibility index (Phi) is 9.94. The molecule has 0 fully saturated rings. The van der Waals surface area contributed by atoms with Gasteiger partial charge in [-0.05, 0) is 47.9 Å². The highest BCUT2D eigenvalue weighted by molar-refractivity contribution is 6.74. The van der Waals surface area contributed by atoms with Crippen molar-refractivity contribution in [1.29, 1.82) is 0 Å². The molecule has 2 aromatic heterocycles. The van der Waals surface area contributed by atoms with Gasteiger partial charge in [0.05, 0.1) is 0 Å². The highest BCUT2D eigenvalue weighted by Crippen LogP contribution is 2.39. The third-order valence-electron chi connectivity index (χ3n) is 7.02. The van der Waals surface area contributed by atoms with Gasteiger partial charge in [-0.25, -0.2) is 24.3 Å². The number of aliphatic hydroxyl groups is 1. The number of aromatic nitrogens is 4. The van der Waals surface area contributed by atoms with E-state index in [2.05, 4.69) is 15.0 Å². The molecule has 0 saturated carbocycles. The first kappa shape index (κ1) is 33.1. The molecule has 2 heterocycles. The number of nitrogens with zero attached hydrogens (tertiary/aromatic N) is 4. The molecule has 0 bridgehead atoms. The molecular formula is C22H36Cl2F2N4O6Si2. The summed E-state index contributed by atoms with van der Waals surface area (Å²) < 4.78 is 43.1. The Morgan fingerprint density at radius 1 is 1.03 bits per heavy atom. The van der Waals surface area contributed by atoms with Crippen molar-refractivity contribution >= 4 is 56.9 Å². The number of halogens is 4. The summed E-state index contributed by atoms with van der Waals surface area (Å²) in [5, 5.41) is 9.53. The third kappa shape index (κ3) is 7.15. The van der Waals surface area contributed by atoms with E-state index >= 15 is 8.78 Å². The molecule has 38 heavy (non-hydrogen) atoms. The Labute approximate surface area is 233 Å². The second kappa shape index (κ2) is 11.4. The lowest BCUT2D eigenvalue weighted by Crippen LogP contribution is -2.55.